The molecule has 1 saturated carbocycles. The second-order valence-electron chi connectivity index (χ2n) is 6.95. The highest BCUT2D eigenvalue weighted by Crippen LogP contribution is 2.23. The van der Waals surface area contributed by atoms with Crippen LogP contribution in [-0.2, 0) is 10.5 Å². The molecular formula is C19H25N3O2S. The molecule has 0 aliphatic heterocycles. The number of fused-ring (bicyclic) bond motifs is 1. The average Bonchev–Trinajstić information content (AvgIpc) is 2.58. The lowest BCUT2D eigenvalue weighted by molar-refractivity contribution is -0.119. The Bertz CT molecular complexity index is 818. The van der Waals surface area contributed by atoms with E-state index in [1.54, 1.807) is 16.7 Å². The van der Waals surface area contributed by atoms with Gasteiger partial charge in [0, 0.05) is 24.1 Å². The van der Waals surface area contributed by atoms with Gasteiger partial charge in [0.05, 0.1) is 11.4 Å². The molecule has 25 heavy (non-hydrogen) atoms. The van der Waals surface area contributed by atoms with Gasteiger partial charge in [-0.3, -0.25) is 14.0 Å². The summed E-state index contributed by atoms with van der Waals surface area (Å²) in [6.45, 7) is 4.16. The van der Waals surface area contributed by atoms with Crippen molar-refractivity contribution in [1.29, 1.82) is 0 Å². The van der Waals surface area contributed by atoms with Crippen LogP contribution in [0.15, 0.2) is 29.2 Å². The van der Waals surface area contributed by atoms with Crippen molar-refractivity contribution in [1.82, 2.24) is 14.7 Å². The van der Waals surface area contributed by atoms with E-state index in [1.165, 1.54) is 31.0 Å². The third-order valence-corrected chi connectivity index (χ3v) is 5.77. The minimum Gasteiger partial charge on any atom is -0.352 e. The van der Waals surface area contributed by atoms with E-state index in [9.17, 15) is 9.59 Å². The molecule has 1 aliphatic carbocycles. The molecule has 6 heteroatoms. The van der Waals surface area contributed by atoms with E-state index in [0.717, 1.165) is 17.7 Å². The number of hydrogen-bond donors (Lipinski definition) is 1. The predicted octanol–water partition coefficient (Wildman–Crippen LogP) is 2.93. The highest BCUT2D eigenvalue weighted by molar-refractivity contribution is 7.99. The predicted molar refractivity (Wildman–Crippen MR) is 102 cm³/mol. The van der Waals surface area contributed by atoms with Crippen LogP contribution in [0.1, 0.15) is 43.9 Å². The Morgan fingerprint density at radius 1 is 1.36 bits per heavy atom. The van der Waals surface area contributed by atoms with Gasteiger partial charge in [0.1, 0.15) is 5.65 Å². The number of carbonyl (C=O) groups is 1. The van der Waals surface area contributed by atoms with Gasteiger partial charge < -0.3 is 5.32 Å². The maximum Gasteiger partial charge on any atom is 0.258 e. The van der Waals surface area contributed by atoms with Crippen molar-refractivity contribution < 1.29 is 4.79 Å². The van der Waals surface area contributed by atoms with Crippen molar-refractivity contribution >= 4 is 23.3 Å². The minimum atomic E-state index is -0.0789. The zero-order valence-corrected chi connectivity index (χ0v) is 15.6. The van der Waals surface area contributed by atoms with E-state index in [0.29, 0.717) is 29.1 Å². The van der Waals surface area contributed by atoms with Gasteiger partial charge in [-0.25, -0.2) is 4.98 Å². The largest absolute Gasteiger partial charge is 0.352 e. The van der Waals surface area contributed by atoms with E-state index in [-0.39, 0.29) is 11.5 Å². The first-order valence-corrected chi connectivity index (χ1v) is 10.0. The van der Waals surface area contributed by atoms with Gasteiger partial charge in [-0.2, -0.15) is 0 Å². The lowest BCUT2D eigenvalue weighted by Crippen LogP contribution is -2.41. The summed E-state index contributed by atoms with van der Waals surface area (Å²) in [5.41, 5.74) is 2.31. The van der Waals surface area contributed by atoms with Crippen LogP contribution >= 0.6 is 11.8 Å². The van der Waals surface area contributed by atoms with Crippen LogP contribution in [0.5, 0.6) is 0 Å². The molecule has 0 unspecified atom stereocenters. The monoisotopic (exact) mass is 359 g/mol. The summed E-state index contributed by atoms with van der Waals surface area (Å²) in [5, 5.41) is 3.16. The third kappa shape index (κ3) is 4.63. The summed E-state index contributed by atoms with van der Waals surface area (Å²) in [7, 11) is 0. The fourth-order valence-corrected chi connectivity index (χ4v) is 4.09. The third-order valence-electron chi connectivity index (χ3n) is 4.80. The Morgan fingerprint density at radius 3 is 2.96 bits per heavy atom. The number of rotatable bonds is 5. The van der Waals surface area contributed by atoms with E-state index in [1.807, 2.05) is 19.1 Å². The fraction of sp³-hybridized carbons (Fsp3) is 0.526. The summed E-state index contributed by atoms with van der Waals surface area (Å²) >= 11 is 1.50. The maximum atomic E-state index is 12.2. The van der Waals surface area contributed by atoms with Crippen LogP contribution in [0.3, 0.4) is 0 Å². The van der Waals surface area contributed by atoms with Gasteiger partial charge >= 0.3 is 0 Å². The van der Waals surface area contributed by atoms with Gasteiger partial charge in [-0.1, -0.05) is 25.8 Å². The van der Waals surface area contributed by atoms with Crippen molar-refractivity contribution in [2.75, 3.05) is 5.75 Å². The lowest BCUT2D eigenvalue weighted by atomic mass is 9.86. The molecule has 0 bridgehead atoms. The van der Waals surface area contributed by atoms with Gasteiger partial charge in [-0.15, -0.1) is 11.8 Å². The van der Waals surface area contributed by atoms with Crippen molar-refractivity contribution in [3.8, 4) is 0 Å². The summed E-state index contributed by atoms with van der Waals surface area (Å²) in [6.07, 6.45) is 6.54. The number of amides is 1. The van der Waals surface area contributed by atoms with Gasteiger partial charge in [0.15, 0.2) is 0 Å². The van der Waals surface area contributed by atoms with Gasteiger partial charge in [0.25, 0.3) is 5.56 Å². The second-order valence-corrected chi connectivity index (χ2v) is 7.93. The van der Waals surface area contributed by atoms with E-state index >= 15 is 0 Å². The molecule has 0 spiro atoms. The quantitative estimate of drug-likeness (QED) is 0.891. The number of carbonyl (C=O) groups excluding carboxylic acids is 1. The molecule has 1 amide bonds. The highest BCUT2D eigenvalue weighted by Gasteiger charge is 2.22. The zero-order chi connectivity index (χ0) is 17.8. The van der Waals surface area contributed by atoms with Crippen LogP contribution in [0.25, 0.3) is 5.65 Å². The number of hydrogen-bond acceptors (Lipinski definition) is 4. The SMILES string of the molecule is Cc1ccc2nc(CSCC(=O)N[C@H]3CCCC[C@@H]3C)cc(=O)n2c1. The molecule has 2 aromatic rings. The molecule has 1 aliphatic rings. The van der Waals surface area contributed by atoms with Crippen molar-refractivity contribution in [2.24, 2.45) is 5.92 Å². The molecule has 2 heterocycles. The topological polar surface area (TPSA) is 63.5 Å². The molecule has 0 radical (unpaired) electrons. The van der Waals surface area contributed by atoms with E-state index < -0.39 is 0 Å². The Hall–Kier alpha value is -1.82. The molecule has 2 aromatic heterocycles. The fourth-order valence-electron chi connectivity index (χ4n) is 3.36. The van der Waals surface area contributed by atoms with Crippen molar-refractivity contribution in [3.63, 3.8) is 0 Å². The van der Waals surface area contributed by atoms with Crippen LogP contribution in [0.4, 0.5) is 0 Å². The number of aryl methyl sites for hydroxylation is 1. The van der Waals surface area contributed by atoms with Crippen LogP contribution in [0, 0.1) is 12.8 Å². The van der Waals surface area contributed by atoms with Crippen molar-refractivity contribution in [3.05, 3.63) is 46.0 Å². The molecule has 1 N–H and O–H groups in total. The Balaban J connectivity index is 1.55. The first-order valence-electron chi connectivity index (χ1n) is 8.89. The van der Waals surface area contributed by atoms with E-state index in [4.69, 9.17) is 0 Å². The van der Waals surface area contributed by atoms with Gasteiger partial charge in [-0.05, 0) is 37.3 Å². The molecule has 0 saturated heterocycles. The number of aromatic nitrogens is 2. The molecular weight excluding hydrogens is 334 g/mol. The molecule has 2 atom stereocenters. The Kier molecular flexibility index (Phi) is 5.78. The first-order chi connectivity index (χ1) is 12.0. The lowest BCUT2D eigenvalue weighted by Gasteiger charge is -2.29. The van der Waals surface area contributed by atoms with E-state index in [2.05, 4.69) is 17.2 Å². The van der Waals surface area contributed by atoms with Crippen LogP contribution in [0.2, 0.25) is 0 Å². The summed E-state index contributed by atoms with van der Waals surface area (Å²) in [5.74, 6) is 1.61. The molecule has 134 valence electrons. The standard InChI is InChI=1S/C19H25N3O2S/c1-13-7-8-17-20-15(9-19(24)22(17)10-13)11-25-12-18(23)21-16-6-4-3-5-14(16)2/h7-10,14,16H,3-6,11-12H2,1-2H3,(H,21,23)/t14-,16-/m0/s1. The number of pyridine rings is 1. The summed E-state index contributed by atoms with van der Waals surface area (Å²) in [4.78, 5) is 28.8. The Labute approximate surface area is 152 Å². The number of nitrogens with zero attached hydrogens (tertiary/aromatic N) is 2. The molecule has 1 fully saturated rings. The summed E-state index contributed by atoms with van der Waals surface area (Å²) in [6, 6.07) is 5.66. The minimum absolute atomic E-state index is 0.0789. The molecule has 3 rings (SSSR count). The van der Waals surface area contributed by atoms with Crippen molar-refractivity contribution in [2.45, 2.75) is 51.3 Å². The number of nitrogens with one attached hydrogen (secondary N) is 1. The first kappa shape index (κ1) is 18.0. The van der Waals surface area contributed by atoms with Crippen LogP contribution in [-0.4, -0.2) is 27.1 Å². The van der Waals surface area contributed by atoms with Crippen LogP contribution < -0.4 is 10.9 Å². The number of thioether (sulfide) groups is 1. The second kappa shape index (κ2) is 8.04. The Morgan fingerprint density at radius 2 is 2.16 bits per heavy atom. The van der Waals surface area contributed by atoms with Gasteiger partial charge in [0.2, 0.25) is 5.91 Å². The molecule has 5 nitrogen and oxygen atoms in total. The highest BCUT2D eigenvalue weighted by atomic mass is 32.2. The normalized spacial score (nSPS) is 20.6. The summed E-state index contributed by atoms with van der Waals surface area (Å²) < 4.78 is 1.56. The zero-order valence-electron chi connectivity index (χ0n) is 14.8. The molecule has 0 aromatic carbocycles. The average molecular weight is 359 g/mol. The maximum absolute atomic E-state index is 12.2. The smallest absolute Gasteiger partial charge is 0.258 e.